The highest BCUT2D eigenvalue weighted by molar-refractivity contribution is 7.86. The second-order valence-corrected chi connectivity index (χ2v) is 16.1. The van der Waals surface area contributed by atoms with E-state index in [9.17, 15) is 25.9 Å². The predicted octanol–water partition coefficient (Wildman–Crippen LogP) is 8.27. The van der Waals surface area contributed by atoms with Crippen molar-refractivity contribution in [3.8, 4) is 5.75 Å². The molecule has 0 unspecified atom stereocenters. The fourth-order valence-electron chi connectivity index (χ4n) is 6.68. The zero-order valence-electron chi connectivity index (χ0n) is 32.0. The molecule has 0 spiro atoms. The molecule has 0 aromatic heterocycles. The van der Waals surface area contributed by atoms with Crippen molar-refractivity contribution in [1.29, 1.82) is 0 Å². The first kappa shape index (κ1) is 40.9. The molecule has 0 fully saturated rings. The molecule has 0 heterocycles. The van der Waals surface area contributed by atoms with E-state index < -0.39 is 20.2 Å². The highest BCUT2D eigenvalue weighted by Crippen LogP contribution is 2.33. The highest BCUT2D eigenvalue weighted by Gasteiger charge is 2.17. The third-order valence-electron chi connectivity index (χ3n) is 9.55. The first-order valence-corrected chi connectivity index (χ1v) is 21.4. The van der Waals surface area contributed by atoms with Crippen molar-refractivity contribution in [2.45, 2.75) is 43.7 Å². The maximum atomic E-state index is 11.7. The second-order valence-electron chi connectivity index (χ2n) is 13.4. The Kier molecular flexibility index (Phi) is 12.9. The standard InChI is InChI=1S/C45H45N3O7S2/c1-4-47(31-33-9-7-11-43(29-33)56(49,50)51)40-23-15-36(16-24-40)45(35-13-19-38(20-14-35)46-39-21-27-42(28-22-39)55-6-3)37-17-25-41(26-18-37)48(5-2)32-34-10-8-12-44(30-34)57(52,53)54/h7-30H,4-6,31-32H2,1-3H3,(H2,49,50,51,52,53,54)/p-1. The van der Waals surface area contributed by atoms with Crippen LogP contribution in [0.2, 0.25) is 0 Å². The maximum Gasteiger partial charge on any atom is 0.200 e. The number of benzene rings is 5. The molecular weight excluding hydrogens is 759 g/mol. The topological polar surface area (TPSA) is 142 Å². The number of allylic oxidation sites excluding steroid dienone is 5. The predicted molar refractivity (Wildman–Crippen MR) is 223 cm³/mol. The maximum absolute atomic E-state index is 11.7. The summed E-state index contributed by atoms with van der Waals surface area (Å²) in [6.45, 7) is 8.74. The molecule has 1 aliphatic carbocycles. The van der Waals surface area contributed by atoms with Crippen molar-refractivity contribution in [3.63, 3.8) is 0 Å². The van der Waals surface area contributed by atoms with Gasteiger partial charge in [0.25, 0.3) is 0 Å². The van der Waals surface area contributed by atoms with Crippen LogP contribution in [-0.2, 0) is 33.3 Å². The van der Waals surface area contributed by atoms with E-state index in [4.69, 9.17) is 4.74 Å². The minimum atomic E-state index is -4.57. The Balaban J connectivity index is 1.32. The minimum Gasteiger partial charge on any atom is -0.744 e. The molecule has 12 heteroatoms. The molecule has 57 heavy (non-hydrogen) atoms. The van der Waals surface area contributed by atoms with E-state index >= 15 is 0 Å². The van der Waals surface area contributed by atoms with Gasteiger partial charge in [-0.1, -0.05) is 48.5 Å². The summed E-state index contributed by atoms with van der Waals surface area (Å²) in [6, 6.07) is 36.5. The molecule has 5 aromatic carbocycles. The lowest BCUT2D eigenvalue weighted by molar-refractivity contribution is -0.539. The Morgan fingerprint density at radius 2 is 1.19 bits per heavy atom. The molecule has 294 valence electrons. The molecule has 0 saturated carbocycles. The van der Waals surface area contributed by atoms with E-state index in [0.717, 1.165) is 50.8 Å². The summed E-state index contributed by atoms with van der Waals surface area (Å²) in [5, 5.41) is 3.46. The van der Waals surface area contributed by atoms with Crippen molar-refractivity contribution >= 4 is 48.6 Å². The number of nitrogens with zero attached hydrogens (tertiary/aromatic N) is 2. The Labute approximate surface area is 335 Å². The molecule has 0 radical (unpaired) electrons. The van der Waals surface area contributed by atoms with Gasteiger partial charge in [-0.05, 0) is 134 Å². The smallest absolute Gasteiger partial charge is 0.200 e. The number of anilines is 3. The van der Waals surface area contributed by atoms with Crippen LogP contribution in [0.1, 0.15) is 43.0 Å². The van der Waals surface area contributed by atoms with Gasteiger partial charge in [-0.25, -0.2) is 21.4 Å². The monoisotopic (exact) mass is 802 g/mol. The third-order valence-corrected chi connectivity index (χ3v) is 11.2. The molecule has 5 aromatic rings. The van der Waals surface area contributed by atoms with E-state index in [2.05, 4.69) is 51.2 Å². The van der Waals surface area contributed by atoms with E-state index in [1.54, 1.807) is 12.1 Å². The van der Waals surface area contributed by atoms with Gasteiger partial charge in [-0.2, -0.15) is 0 Å². The number of nitrogens with one attached hydrogen (secondary N) is 1. The summed E-state index contributed by atoms with van der Waals surface area (Å²) in [5.74, 6) is 0.812. The zero-order valence-corrected chi connectivity index (χ0v) is 33.6. The van der Waals surface area contributed by atoms with E-state index in [1.807, 2.05) is 93.6 Å². The van der Waals surface area contributed by atoms with Gasteiger partial charge in [0.05, 0.1) is 16.4 Å². The molecule has 0 atom stereocenters. The van der Waals surface area contributed by atoms with Crippen LogP contribution >= 0.6 is 0 Å². The first-order chi connectivity index (χ1) is 27.3. The van der Waals surface area contributed by atoms with Gasteiger partial charge in [0.15, 0.2) is 12.3 Å². The van der Waals surface area contributed by atoms with Gasteiger partial charge in [0.1, 0.15) is 32.5 Å². The van der Waals surface area contributed by atoms with Crippen LogP contribution in [0, 0.1) is 0 Å². The molecule has 0 aliphatic heterocycles. The third kappa shape index (κ3) is 10.5. The fourth-order valence-corrected chi connectivity index (χ4v) is 7.76. The van der Waals surface area contributed by atoms with Crippen molar-refractivity contribution < 1.29 is 35.3 Å². The molecule has 6 rings (SSSR count). The fraction of sp³-hybridized carbons (Fsp3) is 0.178. The molecule has 0 saturated heterocycles. The largest absolute Gasteiger partial charge is 0.744 e. The van der Waals surface area contributed by atoms with Crippen LogP contribution in [-0.4, -0.2) is 55.9 Å². The summed E-state index contributed by atoms with van der Waals surface area (Å²) < 4.78 is 77.6. The SMILES string of the molecule is CCOc1ccc(Nc2ccc(C(=C3C=CC(=[N+](CC)Cc4cccc(S(=O)(=O)[O-])c4)C=C3)c3ccc(N(CC)Cc4cccc(S(=O)(=O)[O-])c4)cc3)cc2)cc1. The van der Waals surface area contributed by atoms with Crippen molar-refractivity contribution in [2.24, 2.45) is 0 Å². The summed E-state index contributed by atoms with van der Waals surface area (Å²) in [5.41, 5.74) is 9.14. The summed E-state index contributed by atoms with van der Waals surface area (Å²) in [6.07, 6.45) is 8.22. The van der Waals surface area contributed by atoms with E-state index in [0.29, 0.717) is 43.9 Å². The lowest BCUT2D eigenvalue weighted by Gasteiger charge is -2.24. The Morgan fingerprint density at radius 3 is 1.72 bits per heavy atom. The van der Waals surface area contributed by atoms with Crippen LogP contribution in [0.5, 0.6) is 5.75 Å². The molecule has 0 bridgehead atoms. The Hall–Kier alpha value is -5.79. The van der Waals surface area contributed by atoms with Crippen LogP contribution in [0.3, 0.4) is 0 Å². The van der Waals surface area contributed by atoms with Crippen molar-refractivity contribution in [2.75, 3.05) is 29.9 Å². The molecule has 0 amide bonds. The highest BCUT2D eigenvalue weighted by atomic mass is 32.2. The number of ether oxygens (including phenoxy) is 1. The van der Waals surface area contributed by atoms with Crippen molar-refractivity contribution in [3.05, 3.63) is 173 Å². The molecule has 1 aliphatic rings. The average molecular weight is 803 g/mol. The summed E-state index contributed by atoms with van der Waals surface area (Å²) in [7, 11) is -9.13. The zero-order chi connectivity index (χ0) is 40.6. The molecule has 10 nitrogen and oxygen atoms in total. The van der Waals surface area contributed by atoms with Gasteiger partial charge < -0.3 is 24.1 Å². The van der Waals surface area contributed by atoms with E-state index in [1.165, 1.54) is 24.3 Å². The van der Waals surface area contributed by atoms with Crippen LogP contribution in [0.25, 0.3) is 5.57 Å². The van der Waals surface area contributed by atoms with Crippen molar-refractivity contribution in [1.82, 2.24) is 0 Å². The Morgan fingerprint density at radius 1 is 0.667 bits per heavy atom. The summed E-state index contributed by atoms with van der Waals surface area (Å²) in [4.78, 5) is 1.61. The lowest BCUT2D eigenvalue weighted by Crippen LogP contribution is -2.22. The Bertz CT molecular complexity index is 2540. The van der Waals surface area contributed by atoms with Gasteiger partial charge in [0, 0.05) is 47.9 Å². The van der Waals surface area contributed by atoms with E-state index in [-0.39, 0.29) is 9.79 Å². The molecular formula is C45H44N3O7S2-. The van der Waals surface area contributed by atoms with Gasteiger partial charge in [-0.3, -0.25) is 0 Å². The second kappa shape index (κ2) is 18.0. The van der Waals surface area contributed by atoms with Gasteiger partial charge in [-0.15, -0.1) is 0 Å². The lowest BCUT2D eigenvalue weighted by atomic mass is 9.90. The molecule has 1 N–H and O–H groups in total. The number of hydrogen-bond acceptors (Lipinski definition) is 9. The number of hydrogen-bond donors (Lipinski definition) is 1. The first-order valence-electron chi connectivity index (χ1n) is 18.6. The summed E-state index contributed by atoms with van der Waals surface area (Å²) >= 11 is 0. The van der Waals surface area contributed by atoms with Crippen LogP contribution < -0.4 is 15.0 Å². The van der Waals surface area contributed by atoms with Gasteiger partial charge >= 0.3 is 0 Å². The van der Waals surface area contributed by atoms with Crippen LogP contribution in [0.4, 0.5) is 17.1 Å². The normalized spacial score (nSPS) is 12.7. The average Bonchev–Trinajstić information content (AvgIpc) is 3.21. The minimum absolute atomic E-state index is 0.247. The van der Waals surface area contributed by atoms with Crippen LogP contribution in [0.15, 0.2) is 161 Å². The number of rotatable bonds is 15. The van der Waals surface area contributed by atoms with Gasteiger partial charge in [0.2, 0.25) is 0 Å². The quantitative estimate of drug-likeness (QED) is 0.0818.